The van der Waals surface area contributed by atoms with Crippen molar-refractivity contribution < 1.29 is 0 Å². The topological polar surface area (TPSA) is 17.8 Å². The van der Waals surface area contributed by atoms with Gasteiger partial charge in [0.25, 0.3) is 0 Å². The van der Waals surface area contributed by atoms with Crippen molar-refractivity contribution in [2.75, 3.05) is 0 Å². The summed E-state index contributed by atoms with van der Waals surface area (Å²) >= 11 is 6.21. The summed E-state index contributed by atoms with van der Waals surface area (Å²) in [5.41, 5.74) is 3.64. The molecule has 0 saturated heterocycles. The molecule has 1 aliphatic carbocycles. The molecule has 1 aromatic heterocycles. The van der Waals surface area contributed by atoms with Gasteiger partial charge in [-0.05, 0) is 43.7 Å². The number of alkyl halides is 1. The molecule has 1 atom stereocenters. The number of halogens is 1. The molecule has 1 heterocycles. The normalized spacial score (nSPS) is 18.2. The van der Waals surface area contributed by atoms with Gasteiger partial charge in [-0.15, -0.1) is 11.6 Å². The molecule has 2 nitrogen and oxygen atoms in total. The molecule has 1 fully saturated rings. The van der Waals surface area contributed by atoms with Crippen LogP contribution in [0.1, 0.15) is 62.9 Å². The van der Waals surface area contributed by atoms with Crippen molar-refractivity contribution in [2.24, 2.45) is 5.92 Å². The average Bonchev–Trinajstić information content (AvgIpc) is 2.90. The van der Waals surface area contributed by atoms with Crippen LogP contribution in [0.3, 0.4) is 0 Å². The predicted molar refractivity (Wildman–Crippen MR) is 89.9 cm³/mol. The van der Waals surface area contributed by atoms with Crippen LogP contribution < -0.4 is 0 Å². The van der Waals surface area contributed by atoms with Gasteiger partial charge in [0.1, 0.15) is 5.82 Å². The lowest BCUT2D eigenvalue weighted by molar-refractivity contribution is 0.244. The number of imidazole rings is 1. The number of fused-ring (bicyclic) bond motifs is 1. The third-order valence-electron chi connectivity index (χ3n) is 5.06. The molecule has 114 valence electrons. The van der Waals surface area contributed by atoms with Crippen molar-refractivity contribution in [1.29, 1.82) is 0 Å². The quantitative estimate of drug-likeness (QED) is 0.671. The zero-order valence-corrected chi connectivity index (χ0v) is 13.9. The lowest BCUT2D eigenvalue weighted by atomic mass is 9.82. The fraction of sp³-hybridized carbons (Fsp3) is 0.611. The van der Waals surface area contributed by atoms with Crippen molar-refractivity contribution >= 4 is 22.6 Å². The summed E-state index contributed by atoms with van der Waals surface area (Å²) in [6.07, 6.45) is 8.02. The van der Waals surface area contributed by atoms with Gasteiger partial charge in [-0.25, -0.2) is 4.98 Å². The lowest BCUT2D eigenvalue weighted by Gasteiger charge is -2.32. The van der Waals surface area contributed by atoms with Crippen LogP contribution in [0.2, 0.25) is 0 Å². The van der Waals surface area contributed by atoms with E-state index in [2.05, 4.69) is 36.6 Å². The number of hydrogen-bond acceptors (Lipinski definition) is 1. The molecule has 0 spiro atoms. The predicted octanol–water partition coefficient (Wildman–Crippen LogP) is 5.61. The van der Waals surface area contributed by atoms with Gasteiger partial charge in [0, 0.05) is 6.04 Å². The summed E-state index contributed by atoms with van der Waals surface area (Å²) in [6.45, 7) is 4.44. The van der Waals surface area contributed by atoms with E-state index in [1.165, 1.54) is 43.2 Å². The lowest BCUT2D eigenvalue weighted by Crippen LogP contribution is -2.22. The number of rotatable bonds is 4. The number of hydrogen-bond donors (Lipinski definition) is 0. The van der Waals surface area contributed by atoms with E-state index in [1.54, 1.807) is 0 Å². The van der Waals surface area contributed by atoms with Gasteiger partial charge >= 0.3 is 0 Å². The van der Waals surface area contributed by atoms with E-state index in [0.29, 0.717) is 11.9 Å². The molecule has 0 aliphatic heterocycles. The zero-order chi connectivity index (χ0) is 14.8. The highest BCUT2D eigenvalue weighted by Gasteiger charge is 2.27. The Hall–Kier alpha value is -1.02. The average molecular weight is 305 g/mol. The van der Waals surface area contributed by atoms with Crippen molar-refractivity contribution in [3.63, 3.8) is 0 Å². The summed E-state index contributed by atoms with van der Waals surface area (Å²) < 4.78 is 2.45. The summed E-state index contributed by atoms with van der Waals surface area (Å²) in [5.74, 6) is 2.32. The monoisotopic (exact) mass is 304 g/mol. The van der Waals surface area contributed by atoms with E-state index in [-0.39, 0.29) is 0 Å². The first-order valence-electron chi connectivity index (χ1n) is 8.28. The third-order valence-corrected chi connectivity index (χ3v) is 5.30. The first-order valence-corrected chi connectivity index (χ1v) is 8.82. The molecular formula is C18H25ClN2. The second-order valence-corrected chi connectivity index (χ2v) is 6.62. The third kappa shape index (κ3) is 2.70. The maximum absolute atomic E-state index is 6.21. The molecular weight excluding hydrogens is 280 g/mol. The van der Waals surface area contributed by atoms with Crippen LogP contribution in [0.5, 0.6) is 0 Å². The highest BCUT2D eigenvalue weighted by molar-refractivity contribution is 6.16. The van der Waals surface area contributed by atoms with Gasteiger partial charge < -0.3 is 4.57 Å². The number of para-hydroxylation sites is 1. The van der Waals surface area contributed by atoms with Crippen molar-refractivity contribution in [1.82, 2.24) is 9.55 Å². The van der Waals surface area contributed by atoms with Gasteiger partial charge in [-0.3, -0.25) is 0 Å². The Morgan fingerprint density at radius 1 is 1.29 bits per heavy atom. The van der Waals surface area contributed by atoms with Crippen LogP contribution in [0, 0.1) is 12.8 Å². The molecule has 1 aliphatic rings. The van der Waals surface area contributed by atoms with Crippen LogP contribution in [0.15, 0.2) is 18.2 Å². The van der Waals surface area contributed by atoms with Gasteiger partial charge in [0.05, 0.1) is 16.9 Å². The SMILES string of the molecule is CCC(C1CCCCC1)n1c(CCl)nc2c(C)cccc21. The Morgan fingerprint density at radius 2 is 2.05 bits per heavy atom. The van der Waals surface area contributed by atoms with Crippen molar-refractivity contribution in [2.45, 2.75) is 64.3 Å². The standard InChI is InChI=1S/C18H25ClN2/c1-3-15(14-9-5-4-6-10-14)21-16-11-7-8-13(2)18(16)20-17(21)12-19/h7-8,11,14-15H,3-6,9-10,12H2,1-2H3. The maximum atomic E-state index is 6.21. The van der Waals surface area contributed by atoms with Crippen LogP contribution in [-0.4, -0.2) is 9.55 Å². The minimum atomic E-state index is 0.497. The molecule has 1 unspecified atom stereocenters. The van der Waals surface area contributed by atoms with E-state index in [0.717, 1.165) is 23.7 Å². The Bertz CT molecular complexity index is 611. The zero-order valence-electron chi connectivity index (χ0n) is 13.1. The van der Waals surface area contributed by atoms with E-state index >= 15 is 0 Å². The molecule has 3 rings (SSSR count). The first kappa shape index (κ1) is 14.9. The molecule has 3 heteroatoms. The number of nitrogens with zero attached hydrogens (tertiary/aromatic N) is 2. The number of aryl methyl sites for hydroxylation is 1. The van der Waals surface area contributed by atoms with Gasteiger partial charge in [0.2, 0.25) is 0 Å². The van der Waals surface area contributed by atoms with Crippen LogP contribution in [0.4, 0.5) is 0 Å². The largest absolute Gasteiger partial charge is 0.324 e. The first-order chi connectivity index (χ1) is 10.3. The molecule has 0 radical (unpaired) electrons. The minimum absolute atomic E-state index is 0.497. The van der Waals surface area contributed by atoms with Crippen molar-refractivity contribution in [3.05, 3.63) is 29.6 Å². The molecule has 2 aromatic rings. The van der Waals surface area contributed by atoms with Crippen LogP contribution >= 0.6 is 11.6 Å². The fourth-order valence-electron chi connectivity index (χ4n) is 4.02. The highest BCUT2D eigenvalue weighted by Crippen LogP contribution is 2.38. The molecule has 0 N–H and O–H groups in total. The fourth-order valence-corrected chi connectivity index (χ4v) is 4.20. The summed E-state index contributed by atoms with van der Waals surface area (Å²) in [7, 11) is 0. The van der Waals surface area contributed by atoms with Gasteiger partial charge in [0.15, 0.2) is 0 Å². The second kappa shape index (κ2) is 6.39. The second-order valence-electron chi connectivity index (χ2n) is 6.35. The van der Waals surface area contributed by atoms with E-state index in [4.69, 9.17) is 16.6 Å². The Kier molecular flexibility index (Phi) is 4.54. The van der Waals surface area contributed by atoms with Gasteiger partial charge in [-0.2, -0.15) is 0 Å². The number of aromatic nitrogens is 2. The summed E-state index contributed by atoms with van der Waals surface area (Å²) in [4.78, 5) is 4.83. The maximum Gasteiger partial charge on any atom is 0.125 e. The summed E-state index contributed by atoms with van der Waals surface area (Å²) in [6, 6.07) is 7.03. The molecule has 0 amide bonds. The Balaban J connectivity index is 2.09. The Morgan fingerprint density at radius 3 is 2.71 bits per heavy atom. The highest BCUT2D eigenvalue weighted by atomic mass is 35.5. The van der Waals surface area contributed by atoms with Crippen LogP contribution in [-0.2, 0) is 5.88 Å². The molecule has 0 bridgehead atoms. The van der Waals surface area contributed by atoms with Crippen LogP contribution in [0.25, 0.3) is 11.0 Å². The Labute approximate surface area is 132 Å². The molecule has 1 saturated carbocycles. The minimum Gasteiger partial charge on any atom is -0.324 e. The summed E-state index contributed by atoms with van der Waals surface area (Å²) in [5, 5.41) is 0. The molecule has 21 heavy (non-hydrogen) atoms. The van der Waals surface area contributed by atoms with E-state index in [9.17, 15) is 0 Å². The van der Waals surface area contributed by atoms with Crippen molar-refractivity contribution in [3.8, 4) is 0 Å². The smallest absolute Gasteiger partial charge is 0.125 e. The molecule has 1 aromatic carbocycles. The number of benzene rings is 1. The van der Waals surface area contributed by atoms with Gasteiger partial charge in [-0.1, -0.05) is 38.3 Å². The van der Waals surface area contributed by atoms with E-state index in [1.807, 2.05) is 0 Å². The van der Waals surface area contributed by atoms with E-state index < -0.39 is 0 Å².